The molecule has 7 nitrogen and oxygen atoms in total. The SMILES string of the molecule is CC(C)(C)OC(=O)NCC(O)CNC(=O)O. The Morgan fingerprint density at radius 2 is 1.75 bits per heavy atom. The molecule has 0 aliphatic heterocycles. The number of alkyl carbamates (subject to hydrolysis) is 1. The maximum absolute atomic E-state index is 11.1. The van der Waals surface area contributed by atoms with E-state index in [2.05, 4.69) is 5.32 Å². The summed E-state index contributed by atoms with van der Waals surface area (Å²) in [5.74, 6) is 0. The number of nitrogens with one attached hydrogen (secondary N) is 2. The summed E-state index contributed by atoms with van der Waals surface area (Å²) in [7, 11) is 0. The summed E-state index contributed by atoms with van der Waals surface area (Å²) in [5, 5.41) is 21.8. The minimum absolute atomic E-state index is 0.0742. The molecule has 0 spiro atoms. The van der Waals surface area contributed by atoms with Crippen molar-refractivity contribution in [2.75, 3.05) is 13.1 Å². The van der Waals surface area contributed by atoms with E-state index in [1.165, 1.54) is 0 Å². The van der Waals surface area contributed by atoms with Gasteiger partial charge in [0.1, 0.15) is 5.60 Å². The Kier molecular flexibility index (Phi) is 5.59. The fraction of sp³-hybridized carbons (Fsp3) is 0.778. The highest BCUT2D eigenvalue weighted by atomic mass is 16.6. The Bertz CT molecular complexity index is 249. The van der Waals surface area contributed by atoms with Crippen molar-refractivity contribution in [3.05, 3.63) is 0 Å². The van der Waals surface area contributed by atoms with Crippen LogP contribution in [0.2, 0.25) is 0 Å². The van der Waals surface area contributed by atoms with Crippen molar-refractivity contribution >= 4 is 12.2 Å². The Hall–Kier alpha value is -1.50. The molecule has 1 atom stereocenters. The van der Waals surface area contributed by atoms with E-state index < -0.39 is 23.9 Å². The summed E-state index contributed by atoms with van der Waals surface area (Å²) in [4.78, 5) is 21.2. The second kappa shape index (κ2) is 6.16. The summed E-state index contributed by atoms with van der Waals surface area (Å²) in [6.45, 7) is 4.93. The fourth-order valence-corrected chi connectivity index (χ4v) is 0.793. The van der Waals surface area contributed by atoms with Crippen LogP contribution in [0.1, 0.15) is 20.8 Å². The molecule has 0 aliphatic carbocycles. The molecule has 0 aromatic heterocycles. The van der Waals surface area contributed by atoms with Crippen LogP contribution in [0.4, 0.5) is 9.59 Å². The Balaban J connectivity index is 3.71. The Morgan fingerprint density at radius 1 is 1.25 bits per heavy atom. The zero-order valence-electron chi connectivity index (χ0n) is 9.61. The van der Waals surface area contributed by atoms with Crippen LogP contribution in [-0.4, -0.2) is 47.2 Å². The third-order valence-corrected chi connectivity index (χ3v) is 1.37. The van der Waals surface area contributed by atoms with Gasteiger partial charge in [-0.25, -0.2) is 9.59 Å². The second-order valence-electron chi connectivity index (χ2n) is 4.22. The minimum atomic E-state index is -1.23. The normalized spacial score (nSPS) is 12.8. The minimum Gasteiger partial charge on any atom is -0.465 e. The molecule has 0 bridgehead atoms. The third kappa shape index (κ3) is 9.07. The van der Waals surface area contributed by atoms with E-state index in [0.29, 0.717) is 0 Å². The summed E-state index contributed by atoms with van der Waals surface area (Å²) in [6.07, 6.45) is -2.86. The van der Waals surface area contributed by atoms with E-state index in [1.54, 1.807) is 20.8 Å². The molecule has 4 N–H and O–H groups in total. The smallest absolute Gasteiger partial charge is 0.407 e. The number of carbonyl (C=O) groups is 2. The molecule has 0 rings (SSSR count). The van der Waals surface area contributed by atoms with Crippen LogP contribution in [0.15, 0.2) is 0 Å². The van der Waals surface area contributed by atoms with E-state index in [-0.39, 0.29) is 13.1 Å². The molecule has 0 aliphatic rings. The number of carbonyl (C=O) groups excluding carboxylic acids is 1. The third-order valence-electron chi connectivity index (χ3n) is 1.37. The topological polar surface area (TPSA) is 108 Å². The molecule has 0 heterocycles. The molecule has 0 radical (unpaired) electrons. The number of ether oxygens (including phenoxy) is 1. The lowest BCUT2D eigenvalue weighted by molar-refractivity contribution is 0.0493. The maximum Gasteiger partial charge on any atom is 0.407 e. The molecule has 0 aromatic carbocycles. The van der Waals surface area contributed by atoms with Crippen LogP contribution in [0.25, 0.3) is 0 Å². The van der Waals surface area contributed by atoms with Crippen LogP contribution < -0.4 is 10.6 Å². The van der Waals surface area contributed by atoms with Crippen molar-refractivity contribution in [2.45, 2.75) is 32.5 Å². The number of amides is 2. The molecule has 94 valence electrons. The van der Waals surface area contributed by atoms with E-state index in [1.807, 2.05) is 5.32 Å². The molecule has 0 aromatic rings. The van der Waals surface area contributed by atoms with Crippen molar-refractivity contribution in [3.8, 4) is 0 Å². The number of aliphatic hydroxyl groups is 1. The highest BCUT2D eigenvalue weighted by molar-refractivity contribution is 5.67. The molecule has 7 heteroatoms. The maximum atomic E-state index is 11.1. The quantitative estimate of drug-likeness (QED) is 0.553. The van der Waals surface area contributed by atoms with Crippen LogP contribution >= 0.6 is 0 Å². The second-order valence-corrected chi connectivity index (χ2v) is 4.22. The molecule has 16 heavy (non-hydrogen) atoms. The van der Waals surface area contributed by atoms with E-state index in [4.69, 9.17) is 9.84 Å². The number of hydrogen-bond donors (Lipinski definition) is 4. The van der Waals surface area contributed by atoms with Crippen LogP contribution in [0, 0.1) is 0 Å². The van der Waals surface area contributed by atoms with Gasteiger partial charge in [0, 0.05) is 13.1 Å². The van der Waals surface area contributed by atoms with E-state index in [0.717, 1.165) is 0 Å². The number of rotatable bonds is 4. The first-order valence-corrected chi connectivity index (χ1v) is 4.82. The molecule has 0 saturated heterocycles. The van der Waals surface area contributed by atoms with Gasteiger partial charge in [-0.2, -0.15) is 0 Å². The average Bonchev–Trinajstić information content (AvgIpc) is 2.08. The van der Waals surface area contributed by atoms with Crippen molar-refractivity contribution in [1.29, 1.82) is 0 Å². The van der Waals surface area contributed by atoms with Gasteiger partial charge in [-0.05, 0) is 20.8 Å². The van der Waals surface area contributed by atoms with E-state index in [9.17, 15) is 14.7 Å². The predicted octanol–water partition coefficient (Wildman–Crippen LogP) is 0.140. The summed E-state index contributed by atoms with van der Waals surface area (Å²) < 4.78 is 4.92. The highest BCUT2D eigenvalue weighted by Crippen LogP contribution is 2.06. The summed E-state index contributed by atoms with van der Waals surface area (Å²) in [5.41, 5.74) is -0.603. The van der Waals surface area contributed by atoms with Crippen molar-refractivity contribution in [2.24, 2.45) is 0 Å². The monoisotopic (exact) mass is 234 g/mol. The first-order chi connectivity index (χ1) is 7.20. The standard InChI is InChI=1S/C9H18N2O5/c1-9(2,3)16-8(15)11-5-6(12)4-10-7(13)14/h6,10,12H,4-5H2,1-3H3,(H,11,15)(H,13,14). The number of hydrogen-bond acceptors (Lipinski definition) is 4. The van der Waals surface area contributed by atoms with Gasteiger partial charge in [-0.1, -0.05) is 0 Å². The summed E-state index contributed by atoms with van der Waals surface area (Å²) >= 11 is 0. The van der Waals surface area contributed by atoms with Gasteiger partial charge in [0.25, 0.3) is 0 Å². The van der Waals surface area contributed by atoms with Gasteiger partial charge in [0.05, 0.1) is 6.10 Å². The molecular weight excluding hydrogens is 216 g/mol. The molecule has 1 unspecified atom stereocenters. The first-order valence-electron chi connectivity index (χ1n) is 4.82. The Labute approximate surface area is 93.8 Å². The largest absolute Gasteiger partial charge is 0.465 e. The zero-order valence-corrected chi connectivity index (χ0v) is 9.61. The van der Waals surface area contributed by atoms with Gasteiger partial charge in [0.2, 0.25) is 0 Å². The molecule has 0 fully saturated rings. The van der Waals surface area contributed by atoms with Gasteiger partial charge < -0.3 is 25.6 Å². The lowest BCUT2D eigenvalue weighted by Crippen LogP contribution is -2.41. The van der Waals surface area contributed by atoms with Crippen LogP contribution in [0.3, 0.4) is 0 Å². The lowest BCUT2D eigenvalue weighted by atomic mass is 10.2. The first kappa shape index (κ1) is 14.5. The van der Waals surface area contributed by atoms with Gasteiger partial charge in [0.15, 0.2) is 0 Å². The van der Waals surface area contributed by atoms with Crippen LogP contribution in [-0.2, 0) is 4.74 Å². The van der Waals surface area contributed by atoms with Crippen molar-refractivity contribution in [1.82, 2.24) is 10.6 Å². The van der Waals surface area contributed by atoms with E-state index >= 15 is 0 Å². The lowest BCUT2D eigenvalue weighted by Gasteiger charge is -2.20. The van der Waals surface area contributed by atoms with Gasteiger partial charge in [-0.15, -0.1) is 0 Å². The highest BCUT2D eigenvalue weighted by Gasteiger charge is 2.16. The molecular formula is C9H18N2O5. The average molecular weight is 234 g/mol. The summed E-state index contributed by atoms with van der Waals surface area (Å²) in [6, 6.07) is 0. The fourth-order valence-electron chi connectivity index (χ4n) is 0.793. The van der Waals surface area contributed by atoms with Gasteiger partial charge in [-0.3, -0.25) is 0 Å². The predicted molar refractivity (Wildman–Crippen MR) is 56.3 cm³/mol. The van der Waals surface area contributed by atoms with Crippen molar-refractivity contribution < 1.29 is 24.5 Å². The molecule has 0 saturated carbocycles. The molecule has 2 amide bonds. The number of aliphatic hydroxyl groups excluding tert-OH is 1. The van der Waals surface area contributed by atoms with Crippen molar-refractivity contribution in [3.63, 3.8) is 0 Å². The van der Waals surface area contributed by atoms with Gasteiger partial charge >= 0.3 is 12.2 Å². The zero-order chi connectivity index (χ0) is 12.8. The van der Waals surface area contributed by atoms with Crippen LogP contribution in [0.5, 0.6) is 0 Å². The number of carboxylic acid groups (broad SMARTS) is 1. The Morgan fingerprint density at radius 3 is 2.19 bits per heavy atom.